The monoisotopic (exact) mass is 312 g/mol. The Kier molecular flexibility index (Phi) is 7.67. The summed E-state index contributed by atoms with van der Waals surface area (Å²) in [6.07, 6.45) is 5.37. The lowest BCUT2D eigenvalue weighted by Gasteiger charge is -2.07. The zero-order valence-corrected chi connectivity index (χ0v) is 13.3. The maximum Gasteiger partial charge on any atom is 0.240 e. The third-order valence-corrected chi connectivity index (χ3v) is 5.01. The highest BCUT2D eigenvalue weighted by Crippen LogP contribution is 2.11. The van der Waals surface area contributed by atoms with Gasteiger partial charge in [0.05, 0.1) is 17.4 Å². The maximum atomic E-state index is 12.0. The van der Waals surface area contributed by atoms with Gasteiger partial charge in [-0.3, -0.25) is 0 Å². The molecule has 0 amide bonds. The summed E-state index contributed by atoms with van der Waals surface area (Å²) >= 11 is 1.81. The quantitative estimate of drug-likeness (QED) is 0.711. The first kappa shape index (κ1) is 17.0. The van der Waals surface area contributed by atoms with Crippen molar-refractivity contribution in [1.82, 2.24) is 4.72 Å². The Hall–Kier alpha value is -1.03. The normalized spacial score (nSPS) is 11.2. The van der Waals surface area contributed by atoms with Crippen molar-refractivity contribution < 1.29 is 8.42 Å². The number of unbranched alkanes of at least 4 members (excludes halogenated alkanes) is 2. The predicted octanol–water partition coefficient (Wildman–Crippen LogP) is 2.56. The van der Waals surface area contributed by atoms with Gasteiger partial charge in [-0.1, -0.05) is 18.6 Å². The van der Waals surface area contributed by atoms with Crippen molar-refractivity contribution in [2.24, 2.45) is 0 Å². The molecule has 0 heterocycles. The van der Waals surface area contributed by atoms with E-state index in [1.807, 2.05) is 6.07 Å². The fraction of sp³-hybridized carbons (Fsp3) is 0.500. The molecule has 110 valence electrons. The van der Waals surface area contributed by atoms with E-state index in [-0.39, 0.29) is 4.90 Å². The first-order valence-electron chi connectivity index (χ1n) is 6.54. The molecule has 0 aliphatic carbocycles. The molecule has 1 aromatic rings. The molecule has 0 radical (unpaired) electrons. The average molecular weight is 312 g/mol. The lowest BCUT2D eigenvalue weighted by atomic mass is 10.2. The Morgan fingerprint density at radius 1 is 1.20 bits per heavy atom. The number of nitrogens with zero attached hydrogens (tertiary/aromatic N) is 1. The second kappa shape index (κ2) is 9.01. The molecule has 0 aromatic heterocycles. The molecular formula is C14H20N2O2S2. The molecule has 20 heavy (non-hydrogen) atoms. The fourth-order valence-electron chi connectivity index (χ4n) is 1.72. The summed E-state index contributed by atoms with van der Waals surface area (Å²) in [5, 5.41) is 8.57. The summed E-state index contributed by atoms with van der Waals surface area (Å²) in [6, 6.07) is 8.48. The van der Waals surface area contributed by atoms with Gasteiger partial charge in [0.25, 0.3) is 0 Å². The number of benzene rings is 1. The van der Waals surface area contributed by atoms with Crippen molar-refractivity contribution in [3.63, 3.8) is 0 Å². The van der Waals surface area contributed by atoms with Crippen LogP contribution in [0.4, 0.5) is 0 Å². The van der Waals surface area contributed by atoms with Gasteiger partial charge in [0.2, 0.25) is 10.0 Å². The highest BCUT2D eigenvalue weighted by molar-refractivity contribution is 7.98. The summed E-state index contributed by atoms with van der Waals surface area (Å²) in [4.78, 5) is 0.253. The molecule has 4 nitrogen and oxygen atoms in total. The molecule has 0 fully saturated rings. The van der Waals surface area contributed by atoms with E-state index in [4.69, 9.17) is 5.26 Å². The van der Waals surface area contributed by atoms with E-state index in [1.54, 1.807) is 36.0 Å². The van der Waals surface area contributed by atoms with E-state index in [1.165, 1.54) is 0 Å². The summed E-state index contributed by atoms with van der Waals surface area (Å²) in [7, 11) is -3.42. The predicted molar refractivity (Wildman–Crippen MR) is 83.2 cm³/mol. The van der Waals surface area contributed by atoms with Crippen molar-refractivity contribution in [3.05, 3.63) is 29.8 Å². The Morgan fingerprint density at radius 2 is 1.90 bits per heavy atom. The van der Waals surface area contributed by atoms with E-state index in [2.05, 4.69) is 11.0 Å². The molecule has 0 aliphatic heterocycles. The summed E-state index contributed by atoms with van der Waals surface area (Å²) in [5.41, 5.74) is 0.823. The van der Waals surface area contributed by atoms with E-state index in [9.17, 15) is 8.42 Å². The molecule has 0 spiro atoms. The highest BCUT2D eigenvalue weighted by atomic mass is 32.2. The molecule has 6 heteroatoms. The Bertz CT molecular complexity index is 533. The third-order valence-electron chi connectivity index (χ3n) is 2.83. The summed E-state index contributed by atoms with van der Waals surface area (Å²) in [6.45, 7) is 0.469. The van der Waals surface area contributed by atoms with E-state index < -0.39 is 10.0 Å². The molecule has 1 N–H and O–H groups in total. The van der Waals surface area contributed by atoms with Crippen LogP contribution in [0.1, 0.15) is 24.8 Å². The maximum absolute atomic E-state index is 12.0. The standard InChI is InChI=1S/C14H20N2O2S2/c1-19-12-4-2-3-11-16-20(17,18)14-7-5-13(6-8-14)9-10-15/h5-8,16H,2-4,9,11-12H2,1H3. The van der Waals surface area contributed by atoms with E-state index in [0.29, 0.717) is 13.0 Å². The van der Waals surface area contributed by atoms with Gasteiger partial charge >= 0.3 is 0 Å². The Balaban J connectivity index is 2.46. The van der Waals surface area contributed by atoms with E-state index in [0.717, 1.165) is 30.6 Å². The SMILES string of the molecule is CSCCCCCNS(=O)(=O)c1ccc(CC#N)cc1. The summed E-state index contributed by atoms with van der Waals surface area (Å²) in [5.74, 6) is 1.12. The van der Waals surface area contributed by atoms with Crippen LogP contribution in [0.25, 0.3) is 0 Å². The van der Waals surface area contributed by atoms with Crippen LogP contribution in [0.3, 0.4) is 0 Å². The topological polar surface area (TPSA) is 70.0 Å². The molecule has 1 aromatic carbocycles. The van der Waals surface area contributed by atoms with Crippen molar-refractivity contribution >= 4 is 21.8 Å². The van der Waals surface area contributed by atoms with Crippen LogP contribution in [0.15, 0.2) is 29.2 Å². The van der Waals surface area contributed by atoms with Crippen LogP contribution < -0.4 is 4.72 Å². The number of nitrogens with one attached hydrogen (secondary N) is 1. The van der Waals surface area contributed by atoms with Crippen molar-refractivity contribution in [3.8, 4) is 6.07 Å². The first-order valence-corrected chi connectivity index (χ1v) is 9.42. The van der Waals surface area contributed by atoms with Crippen LogP contribution in [0, 0.1) is 11.3 Å². The lowest BCUT2D eigenvalue weighted by Crippen LogP contribution is -2.24. The van der Waals surface area contributed by atoms with Crippen LogP contribution >= 0.6 is 11.8 Å². The van der Waals surface area contributed by atoms with Gasteiger partial charge in [-0.15, -0.1) is 0 Å². The Morgan fingerprint density at radius 3 is 2.50 bits per heavy atom. The summed E-state index contributed by atoms with van der Waals surface area (Å²) < 4.78 is 26.6. The fourth-order valence-corrected chi connectivity index (χ4v) is 3.28. The number of hydrogen-bond acceptors (Lipinski definition) is 4. The zero-order valence-electron chi connectivity index (χ0n) is 11.6. The second-order valence-electron chi connectivity index (χ2n) is 4.43. The Labute approximate surface area is 125 Å². The second-order valence-corrected chi connectivity index (χ2v) is 7.18. The zero-order chi connectivity index (χ0) is 14.8. The van der Waals surface area contributed by atoms with Crippen LogP contribution in [0.5, 0.6) is 0 Å². The third kappa shape index (κ3) is 5.95. The largest absolute Gasteiger partial charge is 0.240 e. The van der Waals surface area contributed by atoms with Crippen molar-refractivity contribution in [2.45, 2.75) is 30.6 Å². The minimum Gasteiger partial charge on any atom is -0.211 e. The van der Waals surface area contributed by atoms with Crippen LogP contribution in [0.2, 0.25) is 0 Å². The molecule has 1 rings (SSSR count). The lowest BCUT2D eigenvalue weighted by molar-refractivity contribution is 0.576. The van der Waals surface area contributed by atoms with Gasteiger partial charge in [0.1, 0.15) is 0 Å². The van der Waals surface area contributed by atoms with Crippen LogP contribution in [-0.4, -0.2) is 27.0 Å². The van der Waals surface area contributed by atoms with Gasteiger partial charge in [-0.2, -0.15) is 17.0 Å². The number of rotatable bonds is 9. The van der Waals surface area contributed by atoms with Crippen molar-refractivity contribution in [2.75, 3.05) is 18.6 Å². The van der Waals surface area contributed by atoms with Crippen molar-refractivity contribution in [1.29, 1.82) is 5.26 Å². The number of thioether (sulfide) groups is 1. The smallest absolute Gasteiger partial charge is 0.211 e. The van der Waals surface area contributed by atoms with E-state index >= 15 is 0 Å². The minimum absolute atomic E-state index is 0.253. The van der Waals surface area contributed by atoms with Gasteiger partial charge in [-0.05, 0) is 42.5 Å². The molecule has 0 bridgehead atoms. The minimum atomic E-state index is -3.42. The van der Waals surface area contributed by atoms with Gasteiger partial charge in [-0.25, -0.2) is 13.1 Å². The molecule has 0 unspecified atom stereocenters. The molecule has 0 saturated carbocycles. The molecule has 0 saturated heterocycles. The van der Waals surface area contributed by atoms with Gasteiger partial charge in [0.15, 0.2) is 0 Å². The average Bonchev–Trinajstić information content (AvgIpc) is 2.44. The first-order chi connectivity index (χ1) is 9.60. The van der Waals surface area contributed by atoms with Gasteiger partial charge in [0, 0.05) is 6.54 Å². The molecule has 0 atom stereocenters. The van der Waals surface area contributed by atoms with Crippen LogP contribution in [-0.2, 0) is 16.4 Å². The van der Waals surface area contributed by atoms with Gasteiger partial charge < -0.3 is 0 Å². The number of sulfonamides is 1. The molecular weight excluding hydrogens is 292 g/mol. The highest BCUT2D eigenvalue weighted by Gasteiger charge is 2.12. The molecule has 0 aliphatic rings. The number of nitriles is 1. The number of hydrogen-bond donors (Lipinski definition) is 1.